The lowest BCUT2D eigenvalue weighted by atomic mass is 10.2. The first-order valence-corrected chi connectivity index (χ1v) is 9.46. The molecule has 140 valence electrons. The molecule has 4 nitrogen and oxygen atoms in total. The van der Waals surface area contributed by atoms with Crippen molar-refractivity contribution in [1.82, 2.24) is 0 Å². The fourth-order valence-corrected chi connectivity index (χ4v) is 3.35. The summed E-state index contributed by atoms with van der Waals surface area (Å²) in [7, 11) is 1.66. The molecule has 0 atom stereocenters. The van der Waals surface area contributed by atoms with Gasteiger partial charge in [-0.05, 0) is 62.7 Å². The Morgan fingerprint density at radius 2 is 1.74 bits per heavy atom. The predicted octanol–water partition coefficient (Wildman–Crippen LogP) is 6.06. The van der Waals surface area contributed by atoms with Crippen LogP contribution in [0.1, 0.15) is 26.3 Å². The molecule has 3 rings (SSSR count). The minimum Gasteiger partial charge on any atom is -0.497 e. The molecule has 0 aliphatic carbocycles. The Bertz CT molecular complexity index is 962. The standard InChI is InChI=1S/C22H22O4S/c1-22(2,3)26-21(23)12-7-15-5-8-16(9-6-15)25-19-14-27-20-13-17(24-4)10-11-18(19)20/h5-14H,1-4H3. The van der Waals surface area contributed by atoms with E-state index in [2.05, 4.69) is 0 Å². The average Bonchev–Trinajstić information content (AvgIpc) is 3.01. The second-order valence-corrected chi connectivity index (χ2v) is 7.91. The summed E-state index contributed by atoms with van der Waals surface area (Å²) >= 11 is 1.61. The number of hydrogen-bond donors (Lipinski definition) is 0. The van der Waals surface area contributed by atoms with E-state index in [-0.39, 0.29) is 5.97 Å². The van der Waals surface area contributed by atoms with Gasteiger partial charge >= 0.3 is 5.97 Å². The molecule has 27 heavy (non-hydrogen) atoms. The molecule has 3 aromatic rings. The van der Waals surface area contributed by atoms with Crippen molar-refractivity contribution in [1.29, 1.82) is 0 Å². The van der Waals surface area contributed by atoms with Gasteiger partial charge in [0.25, 0.3) is 0 Å². The van der Waals surface area contributed by atoms with Crippen molar-refractivity contribution in [3.8, 4) is 17.2 Å². The number of carbonyl (C=O) groups excluding carboxylic acids is 1. The Labute approximate surface area is 163 Å². The average molecular weight is 382 g/mol. The predicted molar refractivity (Wildman–Crippen MR) is 110 cm³/mol. The number of methoxy groups -OCH3 is 1. The van der Waals surface area contributed by atoms with E-state index in [0.29, 0.717) is 0 Å². The first-order chi connectivity index (χ1) is 12.8. The molecule has 0 amide bonds. The van der Waals surface area contributed by atoms with Crippen molar-refractivity contribution in [2.24, 2.45) is 0 Å². The lowest BCUT2D eigenvalue weighted by molar-refractivity contribution is -0.148. The molecular formula is C22H22O4S. The van der Waals surface area contributed by atoms with E-state index in [1.54, 1.807) is 24.5 Å². The first kappa shape index (κ1) is 19.0. The monoisotopic (exact) mass is 382 g/mol. The van der Waals surface area contributed by atoms with Gasteiger partial charge in [0.15, 0.2) is 0 Å². The van der Waals surface area contributed by atoms with Crippen molar-refractivity contribution in [3.05, 3.63) is 59.5 Å². The van der Waals surface area contributed by atoms with Crippen LogP contribution in [0.3, 0.4) is 0 Å². The summed E-state index contributed by atoms with van der Waals surface area (Å²) in [5.41, 5.74) is 0.403. The van der Waals surface area contributed by atoms with Gasteiger partial charge in [-0.2, -0.15) is 0 Å². The molecule has 0 unspecified atom stereocenters. The Morgan fingerprint density at radius 3 is 2.41 bits per heavy atom. The highest BCUT2D eigenvalue weighted by Crippen LogP contribution is 2.37. The van der Waals surface area contributed by atoms with Crippen LogP contribution in [-0.2, 0) is 9.53 Å². The maximum absolute atomic E-state index is 11.7. The van der Waals surface area contributed by atoms with Gasteiger partial charge in [-0.15, -0.1) is 11.3 Å². The van der Waals surface area contributed by atoms with E-state index in [9.17, 15) is 4.79 Å². The number of carbonyl (C=O) groups is 1. The molecule has 0 aliphatic rings. The van der Waals surface area contributed by atoms with Crippen molar-refractivity contribution < 1.29 is 19.0 Å². The van der Waals surface area contributed by atoms with Crippen LogP contribution in [0.2, 0.25) is 0 Å². The van der Waals surface area contributed by atoms with E-state index in [1.807, 2.05) is 68.6 Å². The summed E-state index contributed by atoms with van der Waals surface area (Å²) in [6.45, 7) is 5.53. The summed E-state index contributed by atoms with van der Waals surface area (Å²) in [6.07, 6.45) is 3.16. The van der Waals surface area contributed by atoms with Gasteiger partial charge in [-0.1, -0.05) is 12.1 Å². The molecule has 0 N–H and O–H groups in total. The van der Waals surface area contributed by atoms with Crippen molar-refractivity contribution in [2.45, 2.75) is 26.4 Å². The number of fused-ring (bicyclic) bond motifs is 1. The second-order valence-electron chi connectivity index (χ2n) is 7.00. The van der Waals surface area contributed by atoms with E-state index >= 15 is 0 Å². The maximum atomic E-state index is 11.7. The van der Waals surface area contributed by atoms with Gasteiger partial charge in [-0.25, -0.2) is 4.79 Å². The van der Waals surface area contributed by atoms with Crippen LogP contribution in [0.5, 0.6) is 17.2 Å². The summed E-state index contributed by atoms with van der Waals surface area (Å²) < 4.78 is 17.6. The molecule has 0 saturated carbocycles. The van der Waals surface area contributed by atoms with Gasteiger partial charge in [0.05, 0.1) is 7.11 Å². The van der Waals surface area contributed by atoms with Gasteiger partial charge in [-0.3, -0.25) is 0 Å². The zero-order valence-corrected chi connectivity index (χ0v) is 16.6. The normalized spacial score (nSPS) is 11.7. The van der Waals surface area contributed by atoms with Crippen LogP contribution < -0.4 is 9.47 Å². The second kappa shape index (κ2) is 7.84. The van der Waals surface area contributed by atoms with E-state index in [0.717, 1.165) is 32.9 Å². The molecule has 0 bridgehead atoms. The molecule has 1 aromatic heterocycles. The summed E-state index contributed by atoms with van der Waals surface area (Å²) in [6, 6.07) is 13.5. The Morgan fingerprint density at radius 1 is 1.04 bits per heavy atom. The molecule has 2 aromatic carbocycles. The molecule has 5 heteroatoms. The van der Waals surface area contributed by atoms with Crippen LogP contribution >= 0.6 is 11.3 Å². The van der Waals surface area contributed by atoms with Gasteiger partial charge in [0.2, 0.25) is 0 Å². The Kier molecular flexibility index (Phi) is 5.51. The Balaban J connectivity index is 1.68. The van der Waals surface area contributed by atoms with Crippen LogP contribution in [0, 0.1) is 0 Å². The lowest BCUT2D eigenvalue weighted by Crippen LogP contribution is -2.22. The molecule has 0 aliphatic heterocycles. The minimum absolute atomic E-state index is 0.358. The quantitative estimate of drug-likeness (QED) is 0.398. The summed E-state index contributed by atoms with van der Waals surface area (Å²) in [4.78, 5) is 11.7. The SMILES string of the molecule is COc1ccc2c(Oc3ccc(C=CC(=O)OC(C)(C)C)cc3)csc2c1. The fraction of sp³-hybridized carbons (Fsp3) is 0.227. The number of thiophene rings is 1. The van der Waals surface area contributed by atoms with E-state index in [4.69, 9.17) is 14.2 Å². The number of ether oxygens (including phenoxy) is 3. The highest BCUT2D eigenvalue weighted by molar-refractivity contribution is 7.17. The molecule has 1 heterocycles. The summed E-state index contributed by atoms with van der Waals surface area (Å²) in [5.74, 6) is 2.02. The van der Waals surface area contributed by atoms with Gasteiger partial charge in [0, 0.05) is 21.5 Å². The highest BCUT2D eigenvalue weighted by Gasteiger charge is 2.13. The number of benzene rings is 2. The molecule has 0 spiro atoms. The third-order valence-corrected chi connectivity index (χ3v) is 4.60. The maximum Gasteiger partial charge on any atom is 0.331 e. The molecule has 0 radical (unpaired) electrons. The number of esters is 1. The smallest absolute Gasteiger partial charge is 0.331 e. The molecule has 0 fully saturated rings. The van der Waals surface area contributed by atoms with Crippen LogP contribution in [-0.4, -0.2) is 18.7 Å². The zero-order valence-electron chi connectivity index (χ0n) is 15.8. The van der Waals surface area contributed by atoms with Crippen LogP contribution in [0.25, 0.3) is 16.2 Å². The topological polar surface area (TPSA) is 44.8 Å². The van der Waals surface area contributed by atoms with E-state index < -0.39 is 5.60 Å². The minimum atomic E-state index is -0.494. The molecule has 0 saturated heterocycles. The van der Waals surface area contributed by atoms with Crippen molar-refractivity contribution in [3.63, 3.8) is 0 Å². The van der Waals surface area contributed by atoms with Gasteiger partial charge in [0.1, 0.15) is 22.8 Å². The summed E-state index contributed by atoms with van der Waals surface area (Å²) in [5, 5.41) is 3.04. The highest BCUT2D eigenvalue weighted by atomic mass is 32.1. The fourth-order valence-electron chi connectivity index (χ4n) is 2.46. The first-order valence-electron chi connectivity index (χ1n) is 8.58. The largest absolute Gasteiger partial charge is 0.497 e. The van der Waals surface area contributed by atoms with E-state index in [1.165, 1.54) is 6.08 Å². The number of hydrogen-bond acceptors (Lipinski definition) is 5. The number of rotatable bonds is 5. The molecular weight excluding hydrogens is 360 g/mol. The Hall–Kier alpha value is -2.79. The lowest BCUT2D eigenvalue weighted by Gasteiger charge is -2.17. The van der Waals surface area contributed by atoms with Crippen molar-refractivity contribution in [2.75, 3.05) is 7.11 Å². The third kappa shape index (κ3) is 5.11. The third-order valence-electron chi connectivity index (χ3n) is 3.67. The van der Waals surface area contributed by atoms with Gasteiger partial charge < -0.3 is 14.2 Å². The zero-order chi connectivity index (χ0) is 19.4. The van der Waals surface area contributed by atoms with Crippen LogP contribution in [0.4, 0.5) is 0 Å². The van der Waals surface area contributed by atoms with Crippen molar-refractivity contribution >= 4 is 33.5 Å². The van der Waals surface area contributed by atoms with Crippen LogP contribution in [0.15, 0.2) is 53.9 Å².